The van der Waals surface area contributed by atoms with Gasteiger partial charge in [-0.2, -0.15) is 0 Å². The summed E-state index contributed by atoms with van der Waals surface area (Å²) < 4.78 is 0. The summed E-state index contributed by atoms with van der Waals surface area (Å²) in [6, 6.07) is 0. The van der Waals surface area contributed by atoms with Gasteiger partial charge in [0.25, 0.3) is 0 Å². The largest absolute Gasteiger partial charge is 0.379 e. The molecule has 96 valence electrons. The van der Waals surface area contributed by atoms with Crippen LogP contribution >= 0.6 is 40.5 Å². The van der Waals surface area contributed by atoms with E-state index in [2.05, 4.69) is 0 Å². The molecule has 0 amide bonds. The van der Waals surface area contributed by atoms with Gasteiger partial charge in [0.1, 0.15) is 0 Å². The van der Waals surface area contributed by atoms with E-state index in [4.69, 9.17) is 22.3 Å². The maximum Gasteiger partial charge on any atom is 0.151 e. The molecule has 0 aliphatic carbocycles. The van der Waals surface area contributed by atoms with Crippen LogP contribution in [0.15, 0.2) is 0 Å². The molecule has 0 rings (SSSR count). The van der Waals surface area contributed by atoms with E-state index in [1.54, 1.807) is 0 Å². The lowest BCUT2D eigenvalue weighted by atomic mass is 10.2. The predicted molar refractivity (Wildman–Crippen MR) is 82.2 cm³/mol. The Morgan fingerprint density at radius 2 is 1.06 bits per heavy atom. The van der Waals surface area contributed by atoms with Crippen molar-refractivity contribution in [1.82, 2.24) is 0 Å². The number of thioether (sulfide) groups is 2. The van der Waals surface area contributed by atoms with Crippen molar-refractivity contribution in [3.63, 3.8) is 0 Å². The molecule has 0 aliphatic rings. The maximum atomic E-state index is 7.01. The van der Waals surface area contributed by atoms with Gasteiger partial charge in [0.15, 0.2) is 10.3 Å². The first kappa shape index (κ1) is 18.5. The quantitative estimate of drug-likeness (QED) is 0.312. The van der Waals surface area contributed by atoms with Crippen molar-refractivity contribution in [2.75, 3.05) is 11.5 Å². The topological polar surface area (TPSA) is 99.7 Å². The molecule has 16 heavy (non-hydrogen) atoms. The SMILES string of the molecule is Br.N=C(N)SCCCCCCCSC(=N)N. The number of unbranched alkanes of at least 4 members (excludes halogenated alkanes) is 4. The normalized spacial score (nSPS) is 9.50. The monoisotopic (exact) mass is 328 g/mol. The Hall–Kier alpha value is 0.120. The zero-order chi connectivity index (χ0) is 11.5. The standard InChI is InChI=1S/C9H20N4S2.BrH/c10-8(11)14-6-4-2-1-3-5-7-15-9(12)13;/h1-7H2,(H3,10,11)(H3,12,13);1H. The van der Waals surface area contributed by atoms with E-state index in [0.29, 0.717) is 0 Å². The molecule has 0 aromatic rings. The summed E-state index contributed by atoms with van der Waals surface area (Å²) in [5.74, 6) is 1.91. The summed E-state index contributed by atoms with van der Waals surface area (Å²) in [6.07, 6.45) is 5.88. The van der Waals surface area contributed by atoms with Crippen molar-refractivity contribution >= 4 is 50.8 Å². The van der Waals surface area contributed by atoms with Gasteiger partial charge in [-0.05, 0) is 12.8 Å². The van der Waals surface area contributed by atoms with E-state index in [-0.39, 0.29) is 27.3 Å². The van der Waals surface area contributed by atoms with Gasteiger partial charge in [-0.25, -0.2) is 0 Å². The van der Waals surface area contributed by atoms with E-state index < -0.39 is 0 Å². The summed E-state index contributed by atoms with van der Waals surface area (Å²) in [6.45, 7) is 0. The van der Waals surface area contributed by atoms with Gasteiger partial charge < -0.3 is 11.5 Å². The molecule has 0 aromatic carbocycles. The number of halogens is 1. The average Bonchev–Trinajstić information content (AvgIpc) is 2.14. The zero-order valence-electron chi connectivity index (χ0n) is 9.33. The van der Waals surface area contributed by atoms with E-state index >= 15 is 0 Å². The van der Waals surface area contributed by atoms with Crippen LogP contribution in [-0.2, 0) is 0 Å². The summed E-state index contributed by atoms with van der Waals surface area (Å²) in [4.78, 5) is 0. The van der Waals surface area contributed by atoms with Crippen LogP contribution in [-0.4, -0.2) is 21.8 Å². The summed E-state index contributed by atoms with van der Waals surface area (Å²) in [7, 11) is 0. The van der Waals surface area contributed by atoms with Gasteiger partial charge in [-0.1, -0.05) is 42.8 Å². The minimum Gasteiger partial charge on any atom is -0.379 e. The van der Waals surface area contributed by atoms with Crippen LogP contribution < -0.4 is 11.5 Å². The highest BCUT2D eigenvalue weighted by atomic mass is 79.9. The van der Waals surface area contributed by atoms with Crippen molar-refractivity contribution in [2.45, 2.75) is 32.1 Å². The fourth-order valence-electron chi connectivity index (χ4n) is 1.10. The third-order valence-corrected chi connectivity index (χ3v) is 3.41. The lowest BCUT2D eigenvalue weighted by Crippen LogP contribution is -2.04. The molecule has 0 aromatic heterocycles. The molecule has 0 heterocycles. The molecule has 0 fully saturated rings. The number of nitrogens with one attached hydrogen (secondary N) is 2. The summed E-state index contributed by atoms with van der Waals surface area (Å²) >= 11 is 2.83. The highest BCUT2D eigenvalue weighted by Gasteiger charge is 1.94. The highest BCUT2D eigenvalue weighted by molar-refractivity contribution is 8.93. The highest BCUT2D eigenvalue weighted by Crippen LogP contribution is 2.10. The van der Waals surface area contributed by atoms with Gasteiger partial charge in [0.05, 0.1) is 0 Å². The van der Waals surface area contributed by atoms with E-state index in [9.17, 15) is 0 Å². The Balaban J connectivity index is 0. The maximum absolute atomic E-state index is 7.01. The van der Waals surface area contributed by atoms with Crippen molar-refractivity contribution in [1.29, 1.82) is 10.8 Å². The van der Waals surface area contributed by atoms with E-state index in [1.807, 2.05) is 0 Å². The Bertz CT molecular complexity index is 182. The van der Waals surface area contributed by atoms with Gasteiger partial charge >= 0.3 is 0 Å². The molecular weight excluding hydrogens is 308 g/mol. The lowest BCUT2D eigenvalue weighted by Gasteiger charge is -2.01. The summed E-state index contributed by atoms with van der Waals surface area (Å²) in [5, 5.41) is 14.5. The van der Waals surface area contributed by atoms with Crippen molar-refractivity contribution in [2.24, 2.45) is 11.5 Å². The second-order valence-corrected chi connectivity index (χ2v) is 5.47. The Labute approximate surface area is 116 Å². The Morgan fingerprint density at radius 1 is 0.750 bits per heavy atom. The van der Waals surface area contributed by atoms with E-state index in [1.165, 1.54) is 42.8 Å². The molecule has 7 heteroatoms. The predicted octanol–water partition coefficient (Wildman–Crippen LogP) is 2.77. The van der Waals surface area contributed by atoms with E-state index in [0.717, 1.165) is 24.3 Å². The second kappa shape index (κ2) is 13.2. The second-order valence-electron chi connectivity index (χ2n) is 3.19. The van der Waals surface area contributed by atoms with Crippen LogP contribution in [0.4, 0.5) is 0 Å². The van der Waals surface area contributed by atoms with Crippen molar-refractivity contribution in [3.05, 3.63) is 0 Å². The molecule has 0 atom stereocenters. The first-order valence-electron chi connectivity index (χ1n) is 5.06. The van der Waals surface area contributed by atoms with Gasteiger partial charge in [-0.3, -0.25) is 10.8 Å². The minimum absolute atomic E-state index is 0. The molecular formula is C9H21BrN4S2. The van der Waals surface area contributed by atoms with Crippen LogP contribution in [0.2, 0.25) is 0 Å². The molecule has 4 nitrogen and oxygen atoms in total. The molecule has 0 unspecified atom stereocenters. The molecule has 6 N–H and O–H groups in total. The third-order valence-electron chi connectivity index (χ3n) is 1.80. The number of hydrogen-bond acceptors (Lipinski definition) is 4. The number of rotatable bonds is 8. The lowest BCUT2D eigenvalue weighted by molar-refractivity contribution is 0.663. The molecule has 0 saturated carbocycles. The fraction of sp³-hybridized carbons (Fsp3) is 0.778. The Kier molecular flexibility index (Phi) is 15.2. The smallest absolute Gasteiger partial charge is 0.151 e. The Morgan fingerprint density at radius 3 is 1.38 bits per heavy atom. The minimum atomic E-state index is 0. The molecule has 0 saturated heterocycles. The number of hydrogen-bond donors (Lipinski definition) is 4. The van der Waals surface area contributed by atoms with Crippen LogP contribution in [0, 0.1) is 10.8 Å². The first-order valence-corrected chi connectivity index (χ1v) is 7.03. The molecule has 0 radical (unpaired) electrons. The average molecular weight is 329 g/mol. The van der Waals surface area contributed by atoms with Gasteiger partial charge in [-0.15, -0.1) is 17.0 Å². The van der Waals surface area contributed by atoms with Gasteiger partial charge in [0, 0.05) is 11.5 Å². The van der Waals surface area contributed by atoms with Crippen LogP contribution in [0.1, 0.15) is 32.1 Å². The number of amidine groups is 2. The van der Waals surface area contributed by atoms with Crippen LogP contribution in [0.3, 0.4) is 0 Å². The molecule has 0 aliphatic heterocycles. The van der Waals surface area contributed by atoms with Crippen molar-refractivity contribution in [3.8, 4) is 0 Å². The number of nitrogens with two attached hydrogens (primary N) is 2. The molecule has 0 bridgehead atoms. The first-order chi connectivity index (χ1) is 7.13. The zero-order valence-corrected chi connectivity index (χ0v) is 12.7. The van der Waals surface area contributed by atoms with Crippen LogP contribution in [0.5, 0.6) is 0 Å². The molecule has 0 spiro atoms. The fourth-order valence-corrected chi connectivity index (χ4v) is 2.24. The van der Waals surface area contributed by atoms with Crippen LogP contribution in [0.25, 0.3) is 0 Å². The summed E-state index contributed by atoms with van der Waals surface area (Å²) in [5.41, 5.74) is 10.4. The van der Waals surface area contributed by atoms with Crippen molar-refractivity contribution < 1.29 is 0 Å². The van der Waals surface area contributed by atoms with Gasteiger partial charge in [0.2, 0.25) is 0 Å². The third kappa shape index (κ3) is 16.5.